The molecule has 0 aliphatic rings. The Hall–Kier alpha value is -2.51. The van der Waals surface area contributed by atoms with Crippen molar-refractivity contribution in [2.45, 2.75) is 6.54 Å². The quantitative estimate of drug-likeness (QED) is 0.733. The molecule has 0 aliphatic carbocycles. The van der Waals surface area contributed by atoms with Gasteiger partial charge in [-0.3, -0.25) is 9.48 Å². The third kappa shape index (κ3) is 4.52. The van der Waals surface area contributed by atoms with Crippen molar-refractivity contribution in [3.8, 4) is 10.4 Å². The average Bonchev–Trinajstić information content (AvgIpc) is 3.23. The summed E-state index contributed by atoms with van der Waals surface area (Å²) in [6, 6.07) is 11.6. The summed E-state index contributed by atoms with van der Waals surface area (Å²) < 4.78 is 14.8. The maximum absolute atomic E-state index is 13.0. The molecule has 1 amide bonds. The molecule has 25 heavy (non-hydrogen) atoms. The number of nitrogens with one attached hydrogen (secondary N) is 1. The lowest BCUT2D eigenvalue weighted by atomic mass is 10.2. The van der Waals surface area contributed by atoms with Gasteiger partial charge in [0.25, 0.3) is 5.91 Å². The first-order chi connectivity index (χ1) is 12.0. The Bertz CT molecular complexity index is 854. The fourth-order valence-corrected chi connectivity index (χ4v) is 3.17. The topological polar surface area (TPSA) is 50.2 Å². The number of benzene rings is 1. The van der Waals surface area contributed by atoms with E-state index < -0.39 is 0 Å². The molecule has 3 aromatic rings. The predicted octanol–water partition coefficient (Wildman–Crippen LogP) is 3.56. The third-order valence-corrected chi connectivity index (χ3v) is 4.75. The zero-order valence-electron chi connectivity index (χ0n) is 14.1. The molecule has 1 aromatic carbocycles. The molecular formula is C18H19FN4OS. The van der Waals surface area contributed by atoms with Crippen molar-refractivity contribution in [3.63, 3.8) is 0 Å². The van der Waals surface area contributed by atoms with E-state index in [1.54, 1.807) is 28.9 Å². The largest absolute Gasteiger partial charge is 0.308 e. The van der Waals surface area contributed by atoms with E-state index in [9.17, 15) is 9.18 Å². The molecule has 0 aliphatic heterocycles. The van der Waals surface area contributed by atoms with Crippen LogP contribution in [-0.2, 0) is 6.54 Å². The van der Waals surface area contributed by atoms with E-state index in [2.05, 4.69) is 15.3 Å². The predicted molar refractivity (Wildman–Crippen MR) is 98.4 cm³/mol. The van der Waals surface area contributed by atoms with Crippen LogP contribution in [0.15, 0.2) is 48.7 Å². The Morgan fingerprint density at radius 1 is 1.20 bits per heavy atom. The van der Waals surface area contributed by atoms with Gasteiger partial charge in [-0.15, -0.1) is 11.3 Å². The summed E-state index contributed by atoms with van der Waals surface area (Å²) in [5.41, 5.74) is 0.887. The van der Waals surface area contributed by atoms with Crippen LogP contribution in [0.3, 0.4) is 0 Å². The Morgan fingerprint density at radius 3 is 2.68 bits per heavy atom. The van der Waals surface area contributed by atoms with Gasteiger partial charge in [-0.25, -0.2) is 4.39 Å². The first kappa shape index (κ1) is 17.3. The van der Waals surface area contributed by atoms with Crippen LogP contribution in [0.2, 0.25) is 0 Å². The molecule has 0 saturated heterocycles. The number of aromatic nitrogens is 2. The molecule has 0 unspecified atom stereocenters. The number of hydrogen-bond donors (Lipinski definition) is 1. The van der Waals surface area contributed by atoms with Gasteiger partial charge >= 0.3 is 0 Å². The lowest BCUT2D eigenvalue weighted by Crippen LogP contribution is -2.19. The van der Waals surface area contributed by atoms with Crippen molar-refractivity contribution < 1.29 is 9.18 Å². The van der Waals surface area contributed by atoms with Crippen molar-refractivity contribution in [2.24, 2.45) is 0 Å². The van der Waals surface area contributed by atoms with Crippen LogP contribution in [0.1, 0.15) is 9.67 Å². The molecule has 0 atom stereocenters. The Balaban J connectivity index is 1.65. The maximum Gasteiger partial charge on any atom is 0.266 e. The van der Waals surface area contributed by atoms with E-state index in [1.165, 1.54) is 23.5 Å². The van der Waals surface area contributed by atoms with Crippen molar-refractivity contribution in [3.05, 3.63) is 59.4 Å². The van der Waals surface area contributed by atoms with Crippen LogP contribution in [0.25, 0.3) is 10.4 Å². The second kappa shape index (κ2) is 7.58. The van der Waals surface area contributed by atoms with Gasteiger partial charge in [-0.2, -0.15) is 5.10 Å². The minimum absolute atomic E-state index is 0.198. The lowest BCUT2D eigenvalue weighted by Gasteiger charge is -2.08. The standard InChI is InChI=1S/C18H19FN4OS/c1-22(2)11-12-23-10-9-17(21-23)20-18(24)16-8-7-15(25-16)13-3-5-14(19)6-4-13/h3-10H,11-12H2,1-2H3,(H,20,21,24). The van der Waals surface area contributed by atoms with Crippen LogP contribution in [0, 0.1) is 5.82 Å². The third-order valence-electron chi connectivity index (χ3n) is 3.62. The number of nitrogens with zero attached hydrogens (tertiary/aromatic N) is 3. The van der Waals surface area contributed by atoms with Crippen molar-refractivity contribution >= 4 is 23.1 Å². The number of carbonyl (C=O) groups excluding carboxylic acids is 1. The van der Waals surface area contributed by atoms with Crippen LogP contribution in [-0.4, -0.2) is 41.2 Å². The van der Waals surface area contributed by atoms with E-state index in [1.807, 2.05) is 26.4 Å². The van der Waals surface area contributed by atoms with Crippen molar-refractivity contribution in [1.82, 2.24) is 14.7 Å². The highest BCUT2D eigenvalue weighted by molar-refractivity contribution is 7.17. The summed E-state index contributed by atoms with van der Waals surface area (Å²) in [4.78, 5) is 15.9. The molecule has 1 N–H and O–H groups in total. The van der Waals surface area contributed by atoms with Gasteiger partial charge in [0.05, 0.1) is 11.4 Å². The zero-order chi connectivity index (χ0) is 17.8. The van der Waals surface area contributed by atoms with Crippen LogP contribution in [0.4, 0.5) is 10.2 Å². The van der Waals surface area contributed by atoms with Gasteiger partial charge in [0.1, 0.15) is 5.82 Å². The first-order valence-corrected chi connectivity index (χ1v) is 8.68. The summed E-state index contributed by atoms with van der Waals surface area (Å²) in [5.74, 6) is 0.0554. The summed E-state index contributed by atoms with van der Waals surface area (Å²) >= 11 is 1.36. The summed E-state index contributed by atoms with van der Waals surface area (Å²) in [6.07, 6.45) is 1.84. The Labute approximate surface area is 149 Å². The van der Waals surface area contributed by atoms with Crippen molar-refractivity contribution in [2.75, 3.05) is 26.0 Å². The average molecular weight is 358 g/mol. The first-order valence-electron chi connectivity index (χ1n) is 7.86. The van der Waals surface area contributed by atoms with E-state index in [4.69, 9.17) is 0 Å². The minimum atomic E-state index is -0.275. The fourth-order valence-electron chi connectivity index (χ4n) is 2.26. The molecule has 5 nitrogen and oxygen atoms in total. The maximum atomic E-state index is 13.0. The fraction of sp³-hybridized carbons (Fsp3) is 0.222. The minimum Gasteiger partial charge on any atom is -0.308 e. The number of amides is 1. The number of likely N-dealkylation sites (N-methyl/N-ethyl adjacent to an activating group) is 1. The van der Waals surface area contributed by atoms with Crippen molar-refractivity contribution in [1.29, 1.82) is 0 Å². The van der Waals surface area contributed by atoms with Crippen LogP contribution >= 0.6 is 11.3 Å². The monoisotopic (exact) mass is 358 g/mol. The molecule has 130 valence electrons. The van der Waals surface area contributed by atoms with Gasteiger partial charge in [0, 0.05) is 23.7 Å². The Morgan fingerprint density at radius 2 is 1.96 bits per heavy atom. The summed E-state index contributed by atoms with van der Waals surface area (Å²) in [6.45, 7) is 1.64. The second-order valence-electron chi connectivity index (χ2n) is 5.89. The Kier molecular flexibility index (Phi) is 5.25. The normalized spacial score (nSPS) is 11.0. The highest BCUT2D eigenvalue weighted by Crippen LogP contribution is 2.28. The highest BCUT2D eigenvalue weighted by Gasteiger charge is 2.12. The summed E-state index contributed by atoms with van der Waals surface area (Å²) in [7, 11) is 4.00. The molecule has 2 aromatic heterocycles. The molecule has 0 spiro atoms. The SMILES string of the molecule is CN(C)CCn1ccc(NC(=O)c2ccc(-c3ccc(F)cc3)s2)n1. The summed E-state index contributed by atoms with van der Waals surface area (Å²) in [5, 5.41) is 7.15. The van der Waals surface area contributed by atoms with E-state index in [-0.39, 0.29) is 11.7 Å². The number of halogens is 1. The molecule has 2 heterocycles. The lowest BCUT2D eigenvalue weighted by molar-refractivity contribution is 0.103. The number of carbonyl (C=O) groups is 1. The number of thiophene rings is 1. The number of rotatable bonds is 6. The molecule has 3 rings (SSSR count). The van der Waals surface area contributed by atoms with Gasteiger partial charge in [0.2, 0.25) is 0 Å². The molecule has 7 heteroatoms. The van der Waals surface area contributed by atoms with Gasteiger partial charge < -0.3 is 10.2 Å². The van der Waals surface area contributed by atoms with Crippen LogP contribution in [0.5, 0.6) is 0 Å². The number of anilines is 1. The van der Waals surface area contributed by atoms with E-state index in [0.29, 0.717) is 10.7 Å². The van der Waals surface area contributed by atoms with E-state index >= 15 is 0 Å². The van der Waals surface area contributed by atoms with E-state index in [0.717, 1.165) is 23.5 Å². The van der Waals surface area contributed by atoms with Crippen LogP contribution < -0.4 is 5.32 Å². The molecule has 0 fully saturated rings. The molecular weight excluding hydrogens is 339 g/mol. The molecule has 0 radical (unpaired) electrons. The molecule has 0 saturated carbocycles. The number of hydrogen-bond acceptors (Lipinski definition) is 4. The second-order valence-corrected chi connectivity index (χ2v) is 6.98. The highest BCUT2D eigenvalue weighted by atomic mass is 32.1. The molecule has 0 bridgehead atoms. The smallest absolute Gasteiger partial charge is 0.266 e. The van der Waals surface area contributed by atoms with Gasteiger partial charge in [0.15, 0.2) is 5.82 Å². The van der Waals surface area contributed by atoms with Gasteiger partial charge in [-0.05, 0) is 43.9 Å². The zero-order valence-corrected chi connectivity index (χ0v) is 14.9. The van der Waals surface area contributed by atoms with Gasteiger partial charge in [-0.1, -0.05) is 12.1 Å².